The molecule has 2 nitrogen and oxygen atoms in total. The molecular weight excluding hydrogens is 200 g/mol. The van der Waals surface area contributed by atoms with Gasteiger partial charge < -0.3 is 0 Å². The zero-order valence-corrected chi connectivity index (χ0v) is 13.0. The van der Waals surface area contributed by atoms with E-state index in [0.29, 0.717) is 6.17 Å². The van der Waals surface area contributed by atoms with Crippen LogP contribution in [0.3, 0.4) is 0 Å². The summed E-state index contributed by atoms with van der Waals surface area (Å²) in [5.41, 5.74) is 1.04. The Bertz CT molecular complexity index is 141. The zero-order chi connectivity index (χ0) is 11.8. The van der Waals surface area contributed by atoms with Crippen molar-refractivity contribution in [2.45, 2.75) is 50.9 Å². The summed E-state index contributed by atoms with van der Waals surface area (Å²) < 4.78 is 0. The molecule has 0 amide bonds. The third-order valence-electron chi connectivity index (χ3n) is 3.30. The number of hydrogen-bond acceptors (Lipinski definition) is 2. The second kappa shape index (κ2) is 8.31. The highest BCUT2D eigenvalue weighted by molar-refractivity contribution is 6.37. The van der Waals surface area contributed by atoms with E-state index in [9.17, 15) is 0 Å². The van der Waals surface area contributed by atoms with Gasteiger partial charge in [-0.2, -0.15) is 0 Å². The standard InChI is InChI=1S/C12H30N2Si/c1-7-11(2)15-10-8-9-12(13(3)4)14(5)6/h11-12H,7-10,15H2,1-6H3. The van der Waals surface area contributed by atoms with Gasteiger partial charge in [0.25, 0.3) is 0 Å². The maximum absolute atomic E-state index is 2.42. The Morgan fingerprint density at radius 3 is 2.00 bits per heavy atom. The summed E-state index contributed by atoms with van der Waals surface area (Å²) in [5.74, 6) is 0. The quantitative estimate of drug-likeness (QED) is 0.358. The zero-order valence-electron chi connectivity index (χ0n) is 11.6. The molecule has 0 radical (unpaired) electrons. The van der Waals surface area contributed by atoms with Gasteiger partial charge in [-0.25, -0.2) is 0 Å². The molecule has 0 rings (SSSR count). The third-order valence-corrected chi connectivity index (χ3v) is 5.77. The fourth-order valence-corrected chi connectivity index (χ4v) is 3.68. The van der Waals surface area contributed by atoms with E-state index in [0.717, 1.165) is 5.54 Å². The van der Waals surface area contributed by atoms with E-state index in [1.165, 1.54) is 25.3 Å². The Morgan fingerprint density at radius 2 is 1.60 bits per heavy atom. The molecule has 1 unspecified atom stereocenters. The molecule has 0 heterocycles. The van der Waals surface area contributed by atoms with Crippen molar-refractivity contribution in [3.8, 4) is 0 Å². The van der Waals surface area contributed by atoms with Crippen molar-refractivity contribution in [3.05, 3.63) is 0 Å². The van der Waals surface area contributed by atoms with Crippen LogP contribution in [0.25, 0.3) is 0 Å². The van der Waals surface area contributed by atoms with Crippen molar-refractivity contribution in [1.82, 2.24) is 9.80 Å². The molecule has 0 aromatic carbocycles. The molecule has 0 aromatic rings. The number of rotatable bonds is 8. The Kier molecular flexibility index (Phi) is 8.38. The minimum atomic E-state index is 0.207. The smallest absolute Gasteiger partial charge is 0.0612 e. The average Bonchev–Trinajstić information content (AvgIpc) is 2.15. The molecule has 0 bridgehead atoms. The van der Waals surface area contributed by atoms with E-state index in [-0.39, 0.29) is 9.52 Å². The fraction of sp³-hybridized carbons (Fsp3) is 1.00. The molecule has 0 saturated carbocycles. The maximum Gasteiger partial charge on any atom is 0.0612 e. The van der Waals surface area contributed by atoms with Crippen molar-refractivity contribution in [3.63, 3.8) is 0 Å². The first-order chi connectivity index (χ1) is 6.99. The molecule has 0 aliphatic rings. The predicted octanol–water partition coefficient (Wildman–Crippen LogP) is 2.02. The molecule has 0 aromatic heterocycles. The molecule has 92 valence electrons. The van der Waals surface area contributed by atoms with E-state index < -0.39 is 0 Å². The normalized spacial score (nSPS) is 15.0. The largest absolute Gasteiger partial charge is 0.294 e. The summed E-state index contributed by atoms with van der Waals surface area (Å²) in [5, 5.41) is 0. The molecule has 0 fully saturated rings. The first-order valence-electron chi connectivity index (χ1n) is 6.31. The van der Waals surface area contributed by atoms with E-state index in [1.807, 2.05) is 0 Å². The second-order valence-electron chi connectivity index (χ2n) is 5.21. The van der Waals surface area contributed by atoms with E-state index in [1.54, 1.807) is 0 Å². The molecule has 0 spiro atoms. The Balaban J connectivity index is 3.63. The molecule has 3 heteroatoms. The highest BCUT2D eigenvalue weighted by Crippen LogP contribution is 2.13. The third kappa shape index (κ3) is 7.09. The highest BCUT2D eigenvalue weighted by atomic mass is 28.2. The van der Waals surface area contributed by atoms with Crippen LogP contribution in [0.4, 0.5) is 0 Å². The number of hydrogen-bond donors (Lipinski definition) is 0. The Labute approximate surface area is 98.8 Å². The van der Waals surface area contributed by atoms with Gasteiger partial charge in [0.15, 0.2) is 0 Å². The summed E-state index contributed by atoms with van der Waals surface area (Å²) in [4.78, 5) is 4.65. The molecule has 0 saturated heterocycles. The lowest BCUT2D eigenvalue weighted by atomic mass is 10.2. The molecule has 1 atom stereocenters. The lowest BCUT2D eigenvalue weighted by Crippen LogP contribution is -2.40. The van der Waals surface area contributed by atoms with Crippen LogP contribution in [0, 0.1) is 0 Å². The van der Waals surface area contributed by atoms with Gasteiger partial charge in [-0.1, -0.05) is 38.3 Å². The maximum atomic E-state index is 2.42. The summed E-state index contributed by atoms with van der Waals surface area (Å²) in [6.07, 6.45) is 4.74. The van der Waals surface area contributed by atoms with Crippen LogP contribution >= 0.6 is 0 Å². The Morgan fingerprint density at radius 1 is 1.07 bits per heavy atom. The minimum absolute atomic E-state index is 0.207. The SMILES string of the molecule is CCC(C)[SiH2]CCCC(N(C)C)N(C)C. The first-order valence-corrected chi connectivity index (χ1v) is 8.13. The summed E-state index contributed by atoms with van der Waals surface area (Å²) in [6, 6.07) is 1.52. The minimum Gasteiger partial charge on any atom is -0.294 e. The summed E-state index contributed by atoms with van der Waals surface area (Å²) >= 11 is 0. The van der Waals surface area contributed by atoms with Crippen molar-refractivity contribution in [2.24, 2.45) is 0 Å². The van der Waals surface area contributed by atoms with Crippen LogP contribution in [0.5, 0.6) is 0 Å². The van der Waals surface area contributed by atoms with Gasteiger partial charge >= 0.3 is 0 Å². The van der Waals surface area contributed by atoms with E-state index in [4.69, 9.17) is 0 Å². The van der Waals surface area contributed by atoms with Gasteiger partial charge in [-0.3, -0.25) is 9.80 Å². The van der Waals surface area contributed by atoms with Crippen molar-refractivity contribution < 1.29 is 0 Å². The summed E-state index contributed by atoms with van der Waals surface area (Å²) in [6.45, 7) is 4.74. The lowest BCUT2D eigenvalue weighted by molar-refractivity contribution is 0.119. The molecule has 0 N–H and O–H groups in total. The van der Waals surface area contributed by atoms with Crippen LogP contribution in [0.2, 0.25) is 11.6 Å². The lowest BCUT2D eigenvalue weighted by Gasteiger charge is -2.30. The molecule has 0 aliphatic heterocycles. The van der Waals surface area contributed by atoms with Crippen LogP contribution in [0.1, 0.15) is 33.1 Å². The first kappa shape index (κ1) is 15.1. The van der Waals surface area contributed by atoms with Crippen molar-refractivity contribution >= 4 is 9.52 Å². The van der Waals surface area contributed by atoms with Crippen molar-refractivity contribution in [1.29, 1.82) is 0 Å². The average molecular weight is 230 g/mol. The van der Waals surface area contributed by atoms with E-state index >= 15 is 0 Å². The molecule has 0 aliphatic carbocycles. The Hall–Kier alpha value is 0.137. The van der Waals surface area contributed by atoms with Gasteiger partial charge in [-0.15, -0.1) is 0 Å². The van der Waals surface area contributed by atoms with Gasteiger partial charge in [0.2, 0.25) is 0 Å². The van der Waals surface area contributed by atoms with Crippen LogP contribution in [-0.2, 0) is 0 Å². The molecular formula is C12H30N2Si. The van der Waals surface area contributed by atoms with E-state index in [2.05, 4.69) is 51.8 Å². The topological polar surface area (TPSA) is 6.48 Å². The van der Waals surface area contributed by atoms with Gasteiger partial charge in [-0.05, 0) is 34.6 Å². The van der Waals surface area contributed by atoms with Gasteiger partial charge in [0, 0.05) is 9.52 Å². The van der Waals surface area contributed by atoms with Crippen LogP contribution < -0.4 is 0 Å². The molecule has 15 heavy (non-hydrogen) atoms. The second-order valence-corrected chi connectivity index (χ2v) is 7.88. The van der Waals surface area contributed by atoms with Gasteiger partial charge in [0.1, 0.15) is 0 Å². The summed E-state index contributed by atoms with van der Waals surface area (Å²) in [7, 11) is 8.92. The predicted molar refractivity (Wildman–Crippen MR) is 73.5 cm³/mol. The van der Waals surface area contributed by atoms with Crippen LogP contribution in [-0.4, -0.2) is 53.7 Å². The van der Waals surface area contributed by atoms with Crippen LogP contribution in [0.15, 0.2) is 0 Å². The number of nitrogens with zero attached hydrogens (tertiary/aromatic N) is 2. The van der Waals surface area contributed by atoms with Crippen molar-refractivity contribution in [2.75, 3.05) is 28.2 Å². The fourth-order valence-electron chi connectivity index (χ4n) is 2.00. The van der Waals surface area contributed by atoms with Gasteiger partial charge in [0.05, 0.1) is 6.17 Å². The monoisotopic (exact) mass is 230 g/mol. The highest BCUT2D eigenvalue weighted by Gasteiger charge is 2.12.